The number of rotatable bonds is 5. The zero-order valence-corrected chi connectivity index (χ0v) is 19.6. The molecule has 6 nitrogen and oxygen atoms in total. The normalized spacial score (nSPS) is 18.9. The van der Waals surface area contributed by atoms with E-state index in [9.17, 15) is 9.90 Å². The molecule has 178 valence electrons. The molecule has 0 bridgehead atoms. The van der Waals surface area contributed by atoms with Crippen molar-refractivity contribution in [3.63, 3.8) is 0 Å². The zero-order valence-electron chi connectivity index (χ0n) is 18.8. The first-order valence-corrected chi connectivity index (χ1v) is 11.7. The van der Waals surface area contributed by atoms with Crippen LogP contribution in [-0.2, 0) is 10.5 Å². The number of halogens is 2. The molecule has 0 aliphatic carbocycles. The summed E-state index contributed by atoms with van der Waals surface area (Å²) in [7, 11) is 0. The second-order valence-corrected chi connectivity index (χ2v) is 9.00. The number of aromatic nitrogens is 2. The van der Waals surface area contributed by atoms with E-state index in [1.807, 2.05) is 30.3 Å². The number of hydrogen-bond acceptors (Lipinski definition) is 5. The van der Waals surface area contributed by atoms with Gasteiger partial charge < -0.3 is 25.1 Å². The van der Waals surface area contributed by atoms with Gasteiger partial charge in [-0.05, 0) is 42.0 Å². The Morgan fingerprint density at radius 3 is 2.61 bits per heavy atom. The Morgan fingerprint density at radius 1 is 1.03 bits per heavy atom. The summed E-state index contributed by atoms with van der Waals surface area (Å²) >= 11 is 6.09. The molecule has 4 aromatic carbocycles. The fourth-order valence-corrected chi connectivity index (χ4v) is 5.08. The number of H-pyrrole nitrogens is 1. The van der Waals surface area contributed by atoms with Gasteiger partial charge in [0, 0.05) is 16.8 Å². The summed E-state index contributed by atoms with van der Waals surface area (Å²) in [6.07, 6.45) is 0.701. The maximum Gasteiger partial charge on any atom is 0.205 e. The Morgan fingerprint density at radius 2 is 1.81 bits per heavy atom. The van der Waals surface area contributed by atoms with Gasteiger partial charge in [0.25, 0.3) is 0 Å². The van der Waals surface area contributed by atoms with E-state index in [1.54, 1.807) is 48.5 Å². The molecule has 1 aromatic heterocycles. The average Bonchev–Trinajstić information content (AvgIpc) is 3.42. The van der Waals surface area contributed by atoms with Gasteiger partial charge in [0.2, 0.25) is 5.95 Å². The molecule has 5 aromatic rings. The Bertz CT molecular complexity index is 1610. The van der Waals surface area contributed by atoms with E-state index < -0.39 is 17.6 Å². The van der Waals surface area contributed by atoms with Gasteiger partial charge in [-0.3, -0.25) is 0 Å². The van der Waals surface area contributed by atoms with Crippen LogP contribution in [0.15, 0.2) is 91.0 Å². The molecule has 8 heteroatoms. The first-order valence-electron chi connectivity index (χ1n) is 11.3. The average molecular weight is 499 g/mol. The van der Waals surface area contributed by atoms with Crippen LogP contribution in [0, 0.1) is 5.82 Å². The lowest BCUT2D eigenvalue weighted by Gasteiger charge is -2.38. The number of aldehydes is 1. The van der Waals surface area contributed by atoms with Crippen molar-refractivity contribution in [2.45, 2.75) is 11.8 Å². The number of aliphatic hydroxyl groups is 1. The molecule has 2 unspecified atom stereocenters. The predicted molar refractivity (Wildman–Crippen MR) is 138 cm³/mol. The van der Waals surface area contributed by atoms with Gasteiger partial charge in [-0.2, -0.15) is 0 Å². The molecule has 2 atom stereocenters. The zero-order chi connectivity index (χ0) is 24.9. The third kappa shape index (κ3) is 3.36. The van der Waals surface area contributed by atoms with E-state index in [2.05, 4.69) is 15.3 Å². The van der Waals surface area contributed by atoms with Crippen molar-refractivity contribution in [2.24, 2.45) is 0 Å². The van der Waals surface area contributed by atoms with Crippen LogP contribution < -0.4 is 10.2 Å². The van der Waals surface area contributed by atoms with Gasteiger partial charge in [0.05, 0.1) is 21.7 Å². The van der Waals surface area contributed by atoms with Crippen LogP contribution in [0.3, 0.4) is 0 Å². The first-order chi connectivity index (χ1) is 17.5. The van der Waals surface area contributed by atoms with Crippen molar-refractivity contribution in [3.05, 3.63) is 119 Å². The number of nitrogens with zero attached hydrogens (tertiary/aromatic N) is 2. The number of hydrogen-bond donors (Lipinski definition) is 3. The van der Waals surface area contributed by atoms with Gasteiger partial charge in [-0.15, -0.1) is 0 Å². The first kappa shape index (κ1) is 22.3. The van der Waals surface area contributed by atoms with E-state index in [0.29, 0.717) is 34.4 Å². The minimum Gasteiger partial charge on any atom is -0.363 e. The predicted octanol–water partition coefficient (Wildman–Crippen LogP) is 6.05. The molecule has 0 fully saturated rings. The quantitative estimate of drug-likeness (QED) is 0.257. The number of anilines is 3. The van der Waals surface area contributed by atoms with Gasteiger partial charge >= 0.3 is 0 Å². The van der Waals surface area contributed by atoms with E-state index >= 15 is 4.39 Å². The minimum absolute atomic E-state index is 0.0202. The van der Waals surface area contributed by atoms with Gasteiger partial charge in [0.1, 0.15) is 12.3 Å². The number of carbonyl (C=O) groups excluding carboxylic acids is 1. The maximum atomic E-state index is 15.3. The van der Waals surface area contributed by atoms with Crippen LogP contribution >= 0.6 is 11.6 Å². The van der Waals surface area contributed by atoms with Crippen LogP contribution in [0.25, 0.3) is 11.0 Å². The number of fused-ring (bicyclic) bond motifs is 2. The number of imidazole rings is 1. The standard InChI is InChI=1S/C28H20ClFN4O2/c29-21-11-6-12-24(26(21)30)34-25(16-35)19-9-4-5-10-20(19)28(34,36)17-13-14-22-23(15-17)33-27(32-22)31-18-7-2-1-3-8-18/h1-16,25,36H,(H2,31,32,33). The monoisotopic (exact) mass is 498 g/mol. The van der Waals surface area contributed by atoms with Crippen LogP contribution in [0.5, 0.6) is 0 Å². The summed E-state index contributed by atoms with van der Waals surface area (Å²) in [5.74, 6) is -0.178. The van der Waals surface area contributed by atoms with Crippen molar-refractivity contribution >= 4 is 46.2 Å². The second kappa shape index (κ2) is 8.48. The molecule has 0 amide bonds. The highest BCUT2D eigenvalue weighted by atomic mass is 35.5. The van der Waals surface area contributed by atoms with Crippen molar-refractivity contribution in [1.29, 1.82) is 0 Å². The Kier molecular flexibility index (Phi) is 5.25. The van der Waals surface area contributed by atoms with Crippen molar-refractivity contribution in [2.75, 3.05) is 10.2 Å². The smallest absolute Gasteiger partial charge is 0.205 e. The molecule has 0 saturated heterocycles. The molecule has 1 aliphatic rings. The molecule has 0 spiro atoms. The van der Waals surface area contributed by atoms with Gasteiger partial charge in [-0.25, -0.2) is 9.37 Å². The fraction of sp³-hybridized carbons (Fsp3) is 0.0714. The molecule has 1 aliphatic heterocycles. The van der Waals surface area contributed by atoms with E-state index in [-0.39, 0.29) is 10.7 Å². The van der Waals surface area contributed by atoms with E-state index in [1.165, 1.54) is 17.0 Å². The van der Waals surface area contributed by atoms with Crippen LogP contribution in [0.4, 0.5) is 21.7 Å². The number of aromatic amines is 1. The molecule has 2 heterocycles. The maximum absolute atomic E-state index is 15.3. The number of nitrogens with one attached hydrogen (secondary N) is 2. The number of para-hydroxylation sites is 1. The van der Waals surface area contributed by atoms with Gasteiger partial charge in [-0.1, -0.05) is 66.2 Å². The Labute approximate surface area is 211 Å². The van der Waals surface area contributed by atoms with Crippen LogP contribution in [0.1, 0.15) is 22.7 Å². The fourth-order valence-electron chi connectivity index (χ4n) is 4.91. The lowest BCUT2D eigenvalue weighted by atomic mass is 9.93. The Hall–Kier alpha value is -4.20. The summed E-state index contributed by atoms with van der Waals surface area (Å²) in [5, 5.41) is 15.5. The molecular weight excluding hydrogens is 479 g/mol. The van der Waals surface area contributed by atoms with Crippen molar-refractivity contribution in [3.8, 4) is 0 Å². The SMILES string of the molecule is O=CC1c2ccccc2C(O)(c2ccc3[nH]c(Nc4ccccc4)nc3c2)N1c1cccc(Cl)c1F. The number of carbonyl (C=O) groups is 1. The van der Waals surface area contributed by atoms with Crippen LogP contribution in [0.2, 0.25) is 5.02 Å². The second-order valence-electron chi connectivity index (χ2n) is 8.59. The summed E-state index contributed by atoms with van der Waals surface area (Å²) in [6, 6.07) is 25.5. The molecule has 6 rings (SSSR count). The highest BCUT2D eigenvalue weighted by Crippen LogP contribution is 2.51. The summed E-state index contributed by atoms with van der Waals surface area (Å²) in [5.41, 5.74) is 1.89. The largest absolute Gasteiger partial charge is 0.363 e. The van der Waals surface area contributed by atoms with E-state index in [4.69, 9.17) is 11.6 Å². The van der Waals surface area contributed by atoms with Crippen LogP contribution in [-0.4, -0.2) is 21.4 Å². The minimum atomic E-state index is -1.85. The molecule has 0 radical (unpaired) electrons. The summed E-state index contributed by atoms with van der Waals surface area (Å²) in [6.45, 7) is 0. The Balaban J connectivity index is 1.52. The highest BCUT2D eigenvalue weighted by molar-refractivity contribution is 6.31. The van der Waals surface area contributed by atoms with Gasteiger partial charge in [0.15, 0.2) is 11.5 Å². The van der Waals surface area contributed by atoms with E-state index in [0.717, 1.165) is 11.2 Å². The molecule has 36 heavy (non-hydrogen) atoms. The van der Waals surface area contributed by atoms with Crippen molar-refractivity contribution < 1.29 is 14.3 Å². The summed E-state index contributed by atoms with van der Waals surface area (Å²) < 4.78 is 15.3. The lowest BCUT2D eigenvalue weighted by molar-refractivity contribution is -0.109. The lowest BCUT2D eigenvalue weighted by Crippen LogP contribution is -2.44. The third-order valence-electron chi connectivity index (χ3n) is 6.52. The third-order valence-corrected chi connectivity index (χ3v) is 6.82. The van der Waals surface area contributed by atoms with Crippen molar-refractivity contribution in [1.82, 2.24) is 9.97 Å². The number of benzene rings is 4. The summed E-state index contributed by atoms with van der Waals surface area (Å²) in [4.78, 5) is 21.6. The molecule has 3 N–H and O–H groups in total. The molecular formula is C28H20ClFN4O2. The topological polar surface area (TPSA) is 81.2 Å². The molecule has 0 saturated carbocycles. The highest BCUT2D eigenvalue weighted by Gasteiger charge is 2.51.